The lowest BCUT2D eigenvalue weighted by Crippen LogP contribution is -2.45. The number of carbonyl (C=O) groups excluding carboxylic acids is 3. The lowest BCUT2D eigenvalue weighted by molar-refractivity contribution is -0.132. The second-order valence-electron chi connectivity index (χ2n) is 8.62. The van der Waals surface area contributed by atoms with E-state index in [2.05, 4.69) is 5.32 Å². The summed E-state index contributed by atoms with van der Waals surface area (Å²) in [5.74, 6) is -0.432. The van der Waals surface area contributed by atoms with Crippen molar-refractivity contribution < 1.29 is 14.4 Å². The molecule has 1 heterocycles. The van der Waals surface area contributed by atoms with Crippen molar-refractivity contribution in [3.8, 4) is 0 Å². The number of anilines is 1. The average molecular weight is 436 g/mol. The van der Waals surface area contributed by atoms with Crippen LogP contribution in [0.5, 0.6) is 0 Å². The smallest absolute Gasteiger partial charge is 0.242 e. The second-order valence-corrected chi connectivity index (χ2v) is 8.62. The highest BCUT2D eigenvalue weighted by atomic mass is 16.2. The van der Waals surface area contributed by atoms with Crippen molar-refractivity contribution >= 4 is 23.4 Å². The number of benzene rings is 2. The van der Waals surface area contributed by atoms with Gasteiger partial charge in [0.05, 0.1) is 12.5 Å². The van der Waals surface area contributed by atoms with Gasteiger partial charge in [-0.15, -0.1) is 0 Å². The van der Waals surface area contributed by atoms with Gasteiger partial charge in [-0.25, -0.2) is 0 Å². The van der Waals surface area contributed by atoms with Crippen LogP contribution in [0.1, 0.15) is 55.3 Å². The lowest BCUT2D eigenvalue weighted by Gasteiger charge is -2.31. The quantitative estimate of drug-likeness (QED) is 0.717. The third-order valence-electron chi connectivity index (χ3n) is 5.88. The van der Waals surface area contributed by atoms with Gasteiger partial charge in [0.15, 0.2) is 0 Å². The van der Waals surface area contributed by atoms with Crippen LogP contribution in [0.2, 0.25) is 0 Å². The summed E-state index contributed by atoms with van der Waals surface area (Å²) in [5, 5.41) is 2.90. The van der Waals surface area contributed by atoms with Crippen LogP contribution in [-0.2, 0) is 14.4 Å². The predicted molar refractivity (Wildman–Crippen MR) is 126 cm³/mol. The Balaban J connectivity index is 1.83. The topological polar surface area (TPSA) is 69.7 Å². The molecule has 1 saturated heterocycles. The second kappa shape index (κ2) is 10.9. The van der Waals surface area contributed by atoms with Gasteiger partial charge in [-0.1, -0.05) is 47.5 Å². The van der Waals surface area contributed by atoms with Crippen molar-refractivity contribution in [1.82, 2.24) is 10.2 Å². The lowest BCUT2D eigenvalue weighted by atomic mass is 10.0. The Labute approximate surface area is 190 Å². The van der Waals surface area contributed by atoms with Crippen molar-refractivity contribution in [2.24, 2.45) is 0 Å². The van der Waals surface area contributed by atoms with Crippen molar-refractivity contribution in [2.45, 2.75) is 52.5 Å². The summed E-state index contributed by atoms with van der Waals surface area (Å²) in [6.07, 6.45) is 3.22. The minimum atomic E-state index is -0.460. The van der Waals surface area contributed by atoms with Crippen LogP contribution in [0.25, 0.3) is 0 Å². The molecule has 1 fully saturated rings. The fraction of sp³-hybridized carbons (Fsp3) is 0.423. The number of rotatable bonds is 7. The molecule has 0 spiro atoms. The highest BCUT2D eigenvalue weighted by molar-refractivity contribution is 5.99. The van der Waals surface area contributed by atoms with Gasteiger partial charge in [-0.05, 0) is 50.8 Å². The number of likely N-dealkylation sites (tertiary alicyclic amines) is 1. The summed E-state index contributed by atoms with van der Waals surface area (Å²) in [7, 11) is 0. The third-order valence-corrected chi connectivity index (χ3v) is 5.88. The van der Waals surface area contributed by atoms with Crippen LogP contribution >= 0.6 is 0 Å². The number of nitrogens with one attached hydrogen (secondary N) is 1. The van der Waals surface area contributed by atoms with Crippen LogP contribution in [0.15, 0.2) is 48.5 Å². The first-order valence-corrected chi connectivity index (χ1v) is 11.3. The number of amides is 3. The summed E-state index contributed by atoms with van der Waals surface area (Å²) in [6.45, 7) is 6.91. The van der Waals surface area contributed by atoms with Crippen molar-refractivity contribution in [3.05, 3.63) is 65.2 Å². The van der Waals surface area contributed by atoms with E-state index in [9.17, 15) is 14.4 Å². The van der Waals surface area contributed by atoms with E-state index in [1.807, 2.05) is 67.3 Å². The zero-order chi connectivity index (χ0) is 23.1. The molecule has 1 aliphatic rings. The van der Waals surface area contributed by atoms with Gasteiger partial charge in [0.1, 0.15) is 6.54 Å². The number of piperidine rings is 1. The van der Waals surface area contributed by atoms with E-state index in [0.29, 0.717) is 5.69 Å². The van der Waals surface area contributed by atoms with Crippen LogP contribution in [0, 0.1) is 13.8 Å². The van der Waals surface area contributed by atoms with Gasteiger partial charge in [0, 0.05) is 25.7 Å². The Kier molecular flexibility index (Phi) is 8.03. The van der Waals surface area contributed by atoms with Crippen molar-refractivity contribution in [1.29, 1.82) is 0 Å². The van der Waals surface area contributed by atoms with Gasteiger partial charge in [-0.3, -0.25) is 14.4 Å². The SMILES string of the molecule is CC(=O)NC(CC(=O)N(CC(=O)N1CCCCC1)c1ccc(C)cc1)c1ccc(C)cc1. The molecule has 170 valence electrons. The minimum Gasteiger partial charge on any atom is -0.349 e. The van der Waals surface area contributed by atoms with Gasteiger partial charge in [-0.2, -0.15) is 0 Å². The monoisotopic (exact) mass is 435 g/mol. The van der Waals surface area contributed by atoms with Crippen molar-refractivity contribution in [3.63, 3.8) is 0 Å². The summed E-state index contributed by atoms with van der Waals surface area (Å²) in [6, 6.07) is 14.9. The number of hydrogen-bond donors (Lipinski definition) is 1. The molecule has 1 atom stereocenters. The minimum absolute atomic E-state index is 0.00256. The van der Waals surface area contributed by atoms with Crippen molar-refractivity contribution in [2.75, 3.05) is 24.5 Å². The highest BCUT2D eigenvalue weighted by Crippen LogP contribution is 2.23. The van der Waals surface area contributed by atoms with Crippen LogP contribution in [0.4, 0.5) is 5.69 Å². The van der Waals surface area contributed by atoms with Crippen LogP contribution in [0.3, 0.4) is 0 Å². The molecule has 0 aromatic heterocycles. The predicted octanol–water partition coefficient (Wildman–Crippen LogP) is 3.92. The van der Waals surface area contributed by atoms with E-state index < -0.39 is 6.04 Å². The summed E-state index contributed by atoms with van der Waals surface area (Å²) < 4.78 is 0. The highest BCUT2D eigenvalue weighted by Gasteiger charge is 2.26. The molecule has 0 bridgehead atoms. The molecular formula is C26H33N3O3. The Morgan fingerprint density at radius 1 is 0.906 bits per heavy atom. The van der Waals surface area contributed by atoms with Gasteiger partial charge < -0.3 is 15.1 Å². The Morgan fingerprint density at radius 3 is 2.03 bits per heavy atom. The standard InChI is InChI=1S/C26H33N3O3/c1-19-7-11-22(12-8-19)24(27-21(3)30)17-25(31)29(23-13-9-20(2)10-14-23)18-26(32)28-15-5-4-6-16-28/h7-14,24H,4-6,15-18H2,1-3H3,(H,27,30). The maximum absolute atomic E-state index is 13.5. The zero-order valence-electron chi connectivity index (χ0n) is 19.3. The molecule has 1 unspecified atom stereocenters. The molecule has 0 saturated carbocycles. The normalized spacial score (nSPS) is 14.5. The molecule has 3 amide bonds. The van der Waals surface area contributed by atoms with Gasteiger partial charge in [0.25, 0.3) is 0 Å². The Hall–Kier alpha value is -3.15. The first-order chi connectivity index (χ1) is 15.3. The Bertz CT molecular complexity index is 932. The van der Waals surface area contributed by atoms with E-state index in [-0.39, 0.29) is 30.7 Å². The number of carbonyl (C=O) groups is 3. The molecule has 1 aliphatic heterocycles. The fourth-order valence-electron chi connectivity index (χ4n) is 4.01. The molecule has 2 aromatic rings. The average Bonchev–Trinajstić information content (AvgIpc) is 2.78. The van der Waals surface area contributed by atoms with E-state index in [1.54, 1.807) is 4.90 Å². The first-order valence-electron chi connectivity index (χ1n) is 11.3. The van der Waals surface area contributed by atoms with Crippen LogP contribution < -0.4 is 10.2 Å². The molecule has 32 heavy (non-hydrogen) atoms. The van der Waals surface area contributed by atoms with Gasteiger partial charge >= 0.3 is 0 Å². The molecule has 0 radical (unpaired) electrons. The molecular weight excluding hydrogens is 402 g/mol. The van der Waals surface area contributed by atoms with E-state index in [1.165, 1.54) is 6.92 Å². The van der Waals surface area contributed by atoms with Gasteiger partial charge in [0.2, 0.25) is 17.7 Å². The molecule has 2 aromatic carbocycles. The molecule has 0 aliphatic carbocycles. The molecule has 6 heteroatoms. The summed E-state index contributed by atoms with van der Waals surface area (Å²) >= 11 is 0. The van der Waals surface area contributed by atoms with E-state index >= 15 is 0 Å². The maximum atomic E-state index is 13.5. The fourth-order valence-corrected chi connectivity index (χ4v) is 4.01. The number of hydrogen-bond acceptors (Lipinski definition) is 3. The summed E-state index contributed by atoms with van der Waals surface area (Å²) in [4.78, 5) is 41.7. The molecule has 1 N–H and O–H groups in total. The van der Waals surface area contributed by atoms with E-state index in [4.69, 9.17) is 0 Å². The first kappa shape index (κ1) is 23.5. The van der Waals surface area contributed by atoms with E-state index in [0.717, 1.165) is 49.0 Å². The van der Waals surface area contributed by atoms with Crippen LogP contribution in [-0.4, -0.2) is 42.3 Å². The number of aryl methyl sites for hydroxylation is 2. The summed E-state index contributed by atoms with van der Waals surface area (Å²) in [5.41, 5.74) is 3.75. The largest absolute Gasteiger partial charge is 0.349 e. The molecule has 3 rings (SSSR count). The molecule has 6 nitrogen and oxygen atoms in total. The number of nitrogens with zero attached hydrogens (tertiary/aromatic N) is 2. The maximum Gasteiger partial charge on any atom is 0.242 e. The Morgan fingerprint density at radius 2 is 1.47 bits per heavy atom. The third kappa shape index (κ3) is 6.42. The zero-order valence-corrected chi connectivity index (χ0v) is 19.3.